The summed E-state index contributed by atoms with van der Waals surface area (Å²) in [5.41, 5.74) is 2.31. The smallest absolute Gasteiger partial charge is 0.261 e. The number of unbranched alkanes of at least 4 members (excludes halogenated alkanes) is 1. The Morgan fingerprint density at radius 2 is 1.68 bits per heavy atom. The molecular formula is C16H19N3O2S. The monoisotopic (exact) mass is 317 g/mol. The van der Waals surface area contributed by atoms with Crippen molar-refractivity contribution in [3.63, 3.8) is 0 Å². The van der Waals surface area contributed by atoms with Gasteiger partial charge in [-0.2, -0.15) is 8.75 Å². The van der Waals surface area contributed by atoms with Gasteiger partial charge in [0.1, 0.15) is 11.0 Å². The van der Waals surface area contributed by atoms with Gasteiger partial charge in [-0.15, -0.1) is 0 Å². The summed E-state index contributed by atoms with van der Waals surface area (Å²) in [5.74, 6) is -0.00589. The number of hydrogen-bond acceptors (Lipinski definition) is 5. The number of hydrogen-bond donors (Lipinski definition) is 0. The predicted octanol–water partition coefficient (Wildman–Crippen LogP) is 3.50. The van der Waals surface area contributed by atoms with Crippen molar-refractivity contribution in [3.05, 3.63) is 23.3 Å². The molecule has 2 heterocycles. The lowest BCUT2D eigenvalue weighted by Gasteiger charge is -2.21. The normalized spacial score (nSPS) is 15.6. The summed E-state index contributed by atoms with van der Waals surface area (Å²) in [6.45, 7) is 4.78. The van der Waals surface area contributed by atoms with Crippen LogP contribution < -0.4 is 0 Å². The van der Waals surface area contributed by atoms with Crippen molar-refractivity contribution in [1.29, 1.82) is 0 Å². The van der Waals surface area contributed by atoms with E-state index in [1.165, 1.54) is 4.90 Å². The first kappa shape index (κ1) is 15.1. The van der Waals surface area contributed by atoms with Crippen LogP contribution >= 0.6 is 11.7 Å². The molecule has 0 unspecified atom stereocenters. The largest absolute Gasteiger partial charge is 0.274 e. The quantitative estimate of drug-likeness (QED) is 0.765. The van der Waals surface area contributed by atoms with Crippen LogP contribution in [-0.2, 0) is 0 Å². The molecule has 2 aromatic rings. The molecule has 1 aliphatic heterocycles. The van der Waals surface area contributed by atoms with Crippen LogP contribution in [0.1, 0.15) is 60.2 Å². The third-order valence-corrected chi connectivity index (χ3v) is 4.88. The molecule has 0 N–H and O–H groups in total. The molecule has 0 spiro atoms. The second-order valence-electron chi connectivity index (χ2n) is 5.79. The third kappa shape index (κ3) is 2.52. The number of carbonyl (C=O) groups is 2. The number of rotatable bonds is 6. The van der Waals surface area contributed by atoms with E-state index in [2.05, 4.69) is 22.6 Å². The Labute approximate surface area is 133 Å². The Morgan fingerprint density at radius 3 is 2.18 bits per heavy atom. The first-order valence-electron chi connectivity index (χ1n) is 7.78. The zero-order chi connectivity index (χ0) is 15.7. The lowest BCUT2D eigenvalue weighted by Crippen LogP contribution is -2.34. The zero-order valence-corrected chi connectivity index (χ0v) is 13.7. The number of nitrogens with zero attached hydrogens (tertiary/aromatic N) is 3. The summed E-state index contributed by atoms with van der Waals surface area (Å²) in [7, 11) is 0. The molecule has 0 fully saturated rings. The van der Waals surface area contributed by atoms with Crippen LogP contribution in [0.25, 0.3) is 11.0 Å². The highest BCUT2D eigenvalue weighted by atomic mass is 32.1. The van der Waals surface area contributed by atoms with Crippen LogP contribution in [0, 0.1) is 5.92 Å². The van der Waals surface area contributed by atoms with Crippen LogP contribution in [0.3, 0.4) is 0 Å². The highest BCUT2D eigenvalue weighted by Gasteiger charge is 2.37. The first-order chi connectivity index (χ1) is 10.7. The maximum atomic E-state index is 12.6. The summed E-state index contributed by atoms with van der Waals surface area (Å²) < 4.78 is 8.29. The van der Waals surface area contributed by atoms with Gasteiger partial charge in [-0.05, 0) is 24.5 Å². The fourth-order valence-electron chi connectivity index (χ4n) is 2.91. The number of benzene rings is 1. The van der Waals surface area contributed by atoms with Gasteiger partial charge in [-0.1, -0.05) is 33.1 Å². The van der Waals surface area contributed by atoms with Crippen molar-refractivity contribution in [2.24, 2.45) is 5.92 Å². The third-order valence-electron chi connectivity index (χ3n) is 4.33. The van der Waals surface area contributed by atoms with Gasteiger partial charge in [0.2, 0.25) is 0 Å². The van der Waals surface area contributed by atoms with E-state index in [0.717, 1.165) is 37.4 Å². The molecule has 0 aliphatic carbocycles. The van der Waals surface area contributed by atoms with E-state index >= 15 is 0 Å². The minimum absolute atomic E-state index is 0.190. The van der Waals surface area contributed by atoms with Gasteiger partial charge in [0.25, 0.3) is 11.8 Å². The second-order valence-corrected chi connectivity index (χ2v) is 6.32. The molecule has 1 aromatic carbocycles. The van der Waals surface area contributed by atoms with Gasteiger partial charge in [0.15, 0.2) is 0 Å². The van der Waals surface area contributed by atoms with E-state index in [-0.39, 0.29) is 11.8 Å². The van der Waals surface area contributed by atoms with Crippen LogP contribution in [0.5, 0.6) is 0 Å². The Hall–Kier alpha value is -1.82. The molecule has 0 radical (unpaired) electrons. The van der Waals surface area contributed by atoms with Gasteiger partial charge in [-0.3, -0.25) is 14.5 Å². The lowest BCUT2D eigenvalue weighted by atomic mass is 9.99. The van der Waals surface area contributed by atoms with Crippen LogP contribution in [0.4, 0.5) is 0 Å². The van der Waals surface area contributed by atoms with Gasteiger partial charge in [0.05, 0.1) is 22.9 Å². The molecule has 6 heteroatoms. The number of carbonyl (C=O) groups excluding carboxylic acids is 2. The van der Waals surface area contributed by atoms with Crippen molar-refractivity contribution in [1.82, 2.24) is 13.6 Å². The molecule has 116 valence electrons. The fraction of sp³-hybridized carbons (Fsp3) is 0.500. The number of imide groups is 1. The molecule has 1 aromatic heterocycles. The van der Waals surface area contributed by atoms with Gasteiger partial charge in [-0.25, -0.2) is 0 Å². The second kappa shape index (κ2) is 6.12. The maximum Gasteiger partial charge on any atom is 0.261 e. The van der Waals surface area contributed by atoms with Gasteiger partial charge in [0, 0.05) is 6.54 Å². The summed E-state index contributed by atoms with van der Waals surface area (Å²) in [4.78, 5) is 26.5. The predicted molar refractivity (Wildman–Crippen MR) is 86.1 cm³/mol. The van der Waals surface area contributed by atoms with Crippen molar-refractivity contribution in [2.45, 2.75) is 39.5 Å². The van der Waals surface area contributed by atoms with Crippen LogP contribution in [0.15, 0.2) is 12.1 Å². The average Bonchev–Trinajstić information content (AvgIpc) is 3.07. The maximum absolute atomic E-state index is 12.6. The summed E-state index contributed by atoms with van der Waals surface area (Å²) >= 11 is 1.10. The van der Waals surface area contributed by atoms with Crippen molar-refractivity contribution in [2.75, 3.05) is 6.54 Å². The topological polar surface area (TPSA) is 63.2 Å². The zero-order valence-electron chi connectivity index (χ0n) is 12.8. The Bertz CT molecular complexity index is 675. The molecule has 1 aliphatic rings. The summed E-state index contributed by atoms with van der Waals surface area (Å²) in [6.07, 6.45) is 4.29. The molecule has 0 saturated heterocycles. The van der Waals surface area contributed by atoms with Crippen LogP contribution in [-0.4, -0.2) is 32.0 Å². The Morgan fingerprint density at radius 1 is 1.09 bits per heavy atom. The molecule has 22 heavy (non-hydrogen) atoms. The lowest BCUT2D eigenvalue weighted by molar-refractivity contribution is 0.0624. The number of amides is 2. The van der Waals surface area contributed by atoms with Gasteiger partial charge >= 0.3 is 0 Å². The summed E-state index contributed by atoms with van der Waals surface area (Å²) in [6, 6.07) is 3.39. The standard InChI is InChI=1S/C16H19N3O2S/c1-3-5-6-10(4-2)9-19-15(20)11-7-13-14(18-22-17-13)8-12(11)16(19)21/h7-8,10H,3-6,9H2,1-2H3/t10-/m0/s1. The van der Waals surface area contributed by atoms with E-state index < -0.39 is 0 Å². The van der Waals surface area contributed by atoms with Gasteiger partial charge < -0.3 is 0 Å². The Kier molecular flexibility index (Phi) is 4.20. The number of aromatic nitrogens is 2. The molecule has 0 bridgehead atoms. The SMILES string of the molecule is CCCC[C@H](CC)CN1C(=O)c2cc3nsnc3cc2C1=O. The minimum Gasteiger partial charge on any atom is -0.274 e. The molecule has 0 saturated carbocycles. The molecule has 3 rings (SSSR count). The number of fused-ring (bicyclic) bond motifs is 2. The molecule has 2 amide bonds. The Balaban J connectivity index is 1.86. The average molecular weight is 317 g/mol. The fourth-order valence-corrected chi connectivity index (χ4v) is 3.42. The van der Waals surface area contributed by atoms with E-state index in [4.69, 9.17) is 0 Å². The van der Waals surface area contributed by atoms with E-state index in [9.17, 15) is 9.59 Å². The van der Waals surface area contributed by atoms with Crippen LogP contribution in [0.2, 0.25) is 0 Å². The molecule has 1 atom stereocenters. The van der Waals surface area contributed by atoms with E-state index in [0.29, 0.717) is 34.6 Å². The molecule has 5 nitrogen and oxygen atoms in total. The molecular weight excluding hydrogens is 298 g/mol. The van der Waals surface area contributed by atoms with E-state index in [1.54, 1.807) is 12.1 Å². The van der Waals surface area contributed by atoms with Crippen molar-refractivity contribution in [3.8, 4) is 0 Å². The highest BCUT2D eigenvalue weighted by Crippen LogP contribution is 2.28. The van der Waals surface area contributed by atoms with Crippen molar-refractivity contribution >= 4 is 34.6 Å². The van der Waals surface area contributed by atoms with Crippen molar-refractivity contribution < 1.29 is 9.59 Å². The first-order valence-corrected chi connectivity index (χ1v) is 8.51. The minimum atomic E-state index is -0.190. The van der Waals surface area contributed by atoms with E-state index in [1.807, 2.05) is 0 Å². The summed E-state index contributed by atoms with van der Waals surface area (Å²) in [5, 5.41) is 0. The highest BCUT2D eigenvalue weighted by molar-refractivity contribution is 7.00.